The molecule has 0 spiro atoms. The third kappa shape index (κ3) is 18.6. The highest BCUT2D eigenvalue weighted by Gasteiger charge is 2.15. The summed E-state index contributed by atoms with van der Waals surface area (Å²) in [6, 6.07) is 0. The van der Waals surface area contributed by atoms with Crippen molar-refractivity contribution in [3.63, 3.8) is 0 Å². The van der Waals surface area contributed by atoms with Crippen LogP contribution in [0.15, 0.2) is 0 Å². The second-order valence-electron chi connectivity index (χ2n) is 5.71. The van der Waals surface area contributed by atoms with Crippen LogP contribution in [-0.2, 0) is 28.5 Å². The van der Waals surface area contributed by atoms with E-state index in [0.29, 0.717) is 46.2 Å². The smallest absolute Gasteiger partial charge is 0.407 e. The Kier molecular flexibility index (Phi) is 13.1. The molecule has 0 aromatic carbocycles. The lowest BCUT2D eigenvalue weighted by molar-refractivity contribution is -0.142. The first kappa shape index (κ1) is 22.6. The summed E-state index contributed by atoms with van der Waals surface area (Å²) in [5.74, 6) is -1.00. The Labute approximate surface area is 142 Å². The van der Waals surface area contributed by atoms with Gasteiger partial charge in [0, 0.05) is 6.54 Å². The number of hydrogen-bond acceptors (Lipinski definition) is 7. The van der Waals surface area contributed by atoms with Crippen molar-refractivity contribution >= 4 is 12.1 Å². The van der Waals surface area contributed by atoms with E-state index in [4.69, 9.17) is 28.8 Å². The number of rotatable bonds is 14. The molecule has 0 aliphatic heterocycles. The van der Waals surface area contributed by atoms with Crippen LogP contribution in [0.5, 0.6) is 0 Å². The van der Waals surface area contributed by atoms with E-state index in [1.165, 1.54) is 0 Å². The van der Waals surface area contributed by atoms with Crippen molar-refractivity contribution < 1.29 is 38.4 Å². The van der Waals surface area contributed by atoms with Crippen molar-refractivity contribution in [1.82, 2.24) is 5.32 Å². The first-order chi connectivity index (χ1) is 11.3. The van der Waals surface area contributed by atoms with Crippen molar-refractivity contribution in [2.45, 2.75) is 26.4 Å². The number of carboxylic acid groups (broad SMARTS) is 1. The maximum absolute atomic E-state index is 11.3. The molecule has 0 atom stereocenters. The number of nitrogens with one attached hydrogen (secondary N) is 1. The number of carboxylic acids is 1. The van der Waals surface area contributed by atoms with Gasteiger partial charge in [0.1, 0.15) is 12.2 Å². The number of alkyl carbamates (subject to hydrolysis) is 1. The fourth-order valence-corrected chi connectivity index (χ4v) is 1.36. The highest BCUT2D eigenvalue weighted by molar-refractivity contribution is 5.68. The van der Waals surface area contributed by atoms with Crippen LogP contribution in [0.25, 0.3) is 0 Å². The summed E-state index contributed by atoms with van der Waals surface area (Å²) < 4.78 is 25.6. The second kappa shape index (κ2) is 14.0. The van der Waals surface area contributed by atoms with E-state index in [1.54, 1.807) is 20.8 Å². The number of carbonyl (C=O) groups is 2. The number of ether oxygens (including phenoxy) is 5. The molecule has 1 amide bonds. The van der Waals surface area contributed by atoms with E-state index < -0.39 is 17.7 Å². The highest BCUT2D eigenvalue weighted by atomic mass is 16.6. The molecule has 24 heavy (non-hydrogen) atoms. The molecule has 0 aromatic heterocycles. The molecule has 0 bridgehead atoms. The summed E-state index contributed by atoms with van der Waals surface area (Å²) in [5.41, 5.74) is -0.511. The molecule has 9 nitrogen and oxygen atoms in total. The third-order valence-electron chi connectivity index (χ3n) is 2.26. The number of carbonyl (C=O) groups excluding carboxylic acids is 1. The third-order valence-corrected chi connectivity index (χ3v) is 2.26. The minimum atomic E-state index is -1.00. The van der Waals surface area contributed by atoms with Gasteiger partial charge < -0.3 is 34.1 Å². The SMILES string of the molecule is CC(C)(C)OC(=O)NCCOCCOCCOCCOCC(=O)O. The quantitative estimate of drug-likeness (QED) is 0.439. The summed E-state index contributed by atoms with van der Waals surface area (Å²) in [6.45, 7) is 8.03. The van der Waals surface area contributed by atoms with E-state index in [2.05, 4.69) is 5.32 Å². The zero-order valence-corrected chi connectivity index (χ0v) is 14.7. The van der Waals surface area contributed by atoms with Gasteiger partial charge in [0.2, 0.25) is 0 Å². The molecule has 0 unspecified atom stereocenters. The van der Waals surface area contributed by atoms with E-state index >= 15 is 0 Å². The number of aliphatic carboxylic acids is 1. The van der Waals surface area contributed by atoms with Gasteiger partial charge >= 0.3 is 12.1 Å². The normalized spacial score (nSPS) is 11.3. The van der Waals surface area contributed by atoms with Crippen LogP contribution in [-0.4, -0.2) is 82.2 Å². The number of hydrogen-bond donors (Lipinski definition) is 2. The van der Waals surface area contributed by atoms with Gasteiger partial charge in [-0.05, 0) is 20.8 Å². The largest absolute Gasteiger partial charge is 0.480 e. The van der Waals surface area contributed by atoms with Gasteiger partial charge in [-0.2, -0.15) is 0 Å². The molecule has 0 saturated carbocycles. The maximum atomic E-state index is 11.3. The summed E-state index contributed by atoms with van der Waals surface area (Å²) in [7, 11) is 0. The van der Waals surface area contributed by atoms with Crippen molar-refractivity contribution in [2.75, 3.05) is 59.4 Å². The molecular weight excluding hydrogens is 322 g/mol. The molecule has 0 fully saturated rings. The molecule has 0 rings (SSSR count). The fourth-order valence-electron chi connectivity index (χ4n) is 1.36. The van der Waals surface area contributed by atoms with Crippen LogP contribution in [0.2, 0.25) is 0 Å². The van der Waals surface area contributed by atoms with Gasteiger partial charge in [-0.1, -0.05) is 0 Å². The van der Waals surface area contributed by atoms with Crippen LogP contribution in [0, 0.1) is 0 Å². The first-order valence-corrected chi connectivity index (χ1v) is 7.81. The summed E-state index contributed by atoms with van der Waals surface area (Å²) in [4.78, 5) is 21.5. The molecule has 2 N–H and O–H groups in total. The highest BCUT2D eigenvalue weighted by Crippen LogP contribution is 2.05. The van der Waals surface area contributed by atoms with Crippen molar-refractivity contribution in [3.05, 3.63) is 0 Å². The lowest BCUT2D eigenvalue weighted by Crippen LogP contribution is -2.34. The average Bonchev–Trinajstić information content (AvgIpc) is 2.45. The molecular formula is C15H29NO8. The second-order valence-corrected chi connectivity index (χ2v) is 5.71. The lowest BCUT2D eigenvalue weighted by atomic mass is 10.2. The Balaban J connectivity index is 3.18. The zero-order chi connectivity index (χ0) is 18.3. The monoisotopic (exact) mass is 351 g/mol. The van der Waals surface area contributed by atoms with Gasteiger partial charge in [-0.25, -0.2) is 9.59 Å². The van der Waals surface area contributed by atoms with Crippen LogP contribution < -0.4 is 5.32 Å². The maximum Gasteiger partial charge on any atom is 0.407 e. The van der Waals surface area contributed by atoms with Gasteiger partial charge in [0.25, 0.3) is 0 Å². The van der Waals surface area contributed by atoms with Gasteiger partial charge in [-0.3, -0.25) is 0 Å². The Morgan fingerprint density at radius 3 is 1.75 bits per heavy atom. The Hall–Kier alpha value is -1.42. The van der Waals surface area contributed by atoms with Crippen LogP contribution in [0.1, 0.15) is 20.8 Å². The molecule has 0 radical (unpaired) electrons. The Morgan fingerprint density at radius 1 is 0.833 bits per heavy atom. The predicted octanol–water partition coefficient (Wildman–Crippen LogP) is 0.662. The minimum absolute atomic E-state index is 0.236. The molecule has 0 aliphatic carbocycles. The van der Waals surface area contributed by atoms with Crippen molar-refractivity contribution in [3.8, 4) is 0 Å². The molecule has 0 aromatic rings. The molecule has 0 saturated heterocycles. The lowest BCUT2D eigenvalue weighted by Gasteiger charge is -2.19. The van der Waals surface area contributed by atoms with E-state index in [0.717, 1.165) is 0 Å². The van der Waals surface area contributed by atoms with Crippen LogP contribution in [0.3, 0.4) is 0 Å². The van der Waals surface area contributed by atoms with Crippen molar-refractivity contribution in [2.24, 2.45) is 0 Å². The summed E-state index contributed by atoms with van der Waals surface area (Å²) in [5, 5.41) is 10.9. The van der Waals surface area contributed by atoms with E-state index in [-0.39, 0.29) is 13.2 Å². The predicted molar refractivity (Wildman–Crippen MR) is 85.1 cm³/mol. The average molecular weight is 351 g/mol. The molecule has 0 aliphatic rings. The summed E-state index contributed by atoms with van der Waals surface area (Å²) >= 11 is 0. The molecule has 9 heteroatoms. The number of amides is 1. The molecule has 0 heterocycles. The van der Waals surface area contributed by atoms with Crippen LogP contribution >= 0.6 is 0 Å². The first-order valence-electron chi connectivity index (χ1n) is 7.81. The minimum Gasteiger partial charge on any atom is -0.480 e. The van der Waals surface area contributed by atoms with Crippen molar-refractivity contribution in [1.29, 1.82) is 0 Å². The van der Waals surface area contributed by atoms with Gasteiger partial charge in [0.15, 0.2) is 0 Å². The van der Waals surface area contributed by atoms with E-state index in [9.17, 15) is 9.59 Å². The van der Waals surface area contributed by atoms with Crippen LogP contribution in [0.4, 0.5) is 4.79 Å². The summed E-state index contributed by atoms with van der Waals surface area (Å²) in [6.07, 6.45) is -0.466. The van der Waals surface area contributed by atoms with Gasteiger partial charge in [-0.15, -0.1) is 0 Å². The van der Waals surface area contributed by atoms with Gasteiger partial charge in [0.05, 0.1) is 46.2 Å². The standard InChI is InChI=1S/C15H29NO8/c1-15(2,3)24-14(19)16-4-5-20-6-7-21-8-9-22-10-11-23-12-13(17)18/h4-12H2,1-3H3,(H,16,19)(H,17,18). The van der Waals surface area contributed by atoms with E-state index in [1.807, 2.05) is 0 Å². The fraction of sp³-hybridized carbons (Fsp3) is 0.867. The Morgan fingerprint density at radius 2 is 1.29 bits per heavy atom. The zero-order valence-electron chi connectivity index (χ0n) is 14.7. The molecule has 142 valence electrons. The Bertz CT molecular complexity index is 343. The topological polar surface area (TPSA) is 113 Å².